The van der Waals surface area contributed by atoms with E-state index >= 15 is 8.78 Å². The van der Waals surface area contributed by atoms with Crippen LogP contribution in [0.2, 0.25) is 5.02 Å². The molecule has 0 bridgehead atoms. The summed E-state index contributed by atoms with van der Waals surface area (Å²) in [7, 11) is 0. The molecule has 2 aromatic carbocycles. The van der Waals surface area contributed by atoms with Gasteiger partial charge in [-0.15, -0.1) is 11.3 Å². The van der Waals surface area contributed by atoms with Crippen LogP contribution in [0.1, 0.15) is 57.4 Å². The molecule has 5 aliphatic rings. The molecule has 2 aromatic heterocycles. The number of alkyl halides is 3. The maximum Gasteiger partial charge on any atom is 0.319 e. The van der Waals surface area contributed by atoms with Gasteiger partial charge in [-0.25, -0.2) is 22.0 Å². The number of likely N-dealkylation sites (tertiary alicyclic amines) is 1. The van der Waals surface area contributed by atoms with E-state index in [2.05, 4.69) is 9.88 Å². The van der Waals surface area contributed by atoms with Crippen molar-refractivity contribution >= 4 is 60.7 Å². The van der Waals surface area contributed by atoms with Gasteiger partial charge in [-0.05, 0) is 56.8 Å². The van der Waals surface area contributed by atoms with Gasteiger partial charge in [0.25, 0.3) is 5.92 Å². The van der Waals surface area contributed by atoms with E-state index in [-0.39, 0.29) is 66.4 Å². The Kier molecular flexibility index (Phi) is 8.27. The molecular weight excluding hydrogens is 749 g/mol. The van der Waals surface area contributed by atoms with Gasteiger partial charge in [-0.2, -0.15) is 15.2 Å². The van der Waals surface area contributed by atoms with Gasteiger partial charge < -0.3 is 20.3 Å². The topological polar surface area (TPSA) is 112 Å². The first kappa shape index (κ1) is 35.7. The summed E-state index contributed by atoms with van der Waals surface area (Å²) in [5.74, 6) is -5.83. The van der Waals surface area contributed by atoms with Gasteiger partial charge in [0.15, 0.2) is 5.82 Å². The Hall–Kier alpha value is -4.00. The molecule has 6 heterocycles. The molecule has 9 rings (SSSR count). The van der Waals surface area contributed by atoms with E-state index in [1.807, 2.05) is 17.9 Å². The van der Waals surface area contributed by atoms with Crippen molar-refractivity contribution in [1.29, 1.82) is 5.26 Å². The summed E-state index contributed by atoms with van der Waals surface area (Å²) in [6.07, 6.45) is 2.85. The second kappa shape index (κ2) is 12.5. The fraction of sp³-hybridized carbons (Fsp3) is 0.526. The number of nitriles is 1. The first-order valence-electron chi connectivity index (χ1n) is 18.3. The zero-order chi connectivity index (χ0) is 37.9. The number of amides is 1. The van der Waals surface area contributed by atoms with Crippen LogP contribution in [0.15, 0.2) is 18.2 Å². The van der Waals surface area contributed by atoms with Crippen molar-refractivity contribution in [3.8, 4) is 23.2 Å². The summed E-state index contributed by atoms with van der Waals surface area (Å²) in [6, 6.07) is 5.90. The van der Waals surface area contributed by atoms with Crippen molar-refractivity contribution in [3.05, 3.63) is 40.4 Å². The van der Waals surface area contributed by atoms with Gasteiger partial charge in [0.1, 0.15) is 46.9 Å². The lowest BCUT2D eigenvalue weighted by atomic mass is 9.75. The lowest BCUT2D eigenvalue weighted by molar-refractivity contribution is -0.147. The number of thiophene rings is 1. The molecule has 1 amide bonds. The van der Waals surface area contributed by atoms with Gasteiger partial charge in [0.2, 0.25) is 5.91 Å². The molecule has 2 N–H and O–H groups in total. The van der Waals surface area contributed by atoms with Crippen LogP contribution < -0.4 is 15.4 Å². The van der Waals surface area contributed by atoms with Crippen molar-refractivity contribution in [2.45, 2.75) is 75.5 Å². The monoisotopic (exact) mass is 785 g/mol. The molecule has 4 saturated heterocycles. The number of ether oxygens (including phenoxy) is 1. The third-order valence-electron chi connectivity index (χ3n) is 12.4. The Labute approximate surface area is 316 Å². The van der Waals surface area contributed by atoms with Crippen molar-refractivity contribution < 1.29 is 31.5 Å². The number of benzene rings is 2. The van der Waals surface area contributed by atoms with E-state index < -0.39 is 52.9 Å². The third kappa shape index (κ3) is 5.57. The number of nitrogens with two attached hydrogens (primary N) is 1. The highest BCUT2D eigenvalue weighted by molar-refractivity contribution is 7.23. The summed E-state index contributed by atoms with van der Waals surface area (Å²) in [6.45, 7) is 4.24. The number of anilines is 2. The first-order valence-corrected chi connectivity index (χ1v) is 19.5. The third-order valence-corrected chi connectivity index (χ3v) is 13.7. The summed E-state index contributed by atoms with van der Waals surface area (Å²) in [5.41, 5.74) is 5.13. The molecular formula is C38H37ClF5N7O2S. The van der Waals surface area contributed by atoms with E-state index in [0.29, 0.717) is 38.4 Å². The summed E-state index contributed by atoms with van der Waals surface area (Å²) in [4.78, 5) is 28.0. The number of aromatic nitrogens is 2. The molecule has 54 heavy (non-hydrogen) atoms. The molecule has 4 aliphatic heterocycles. The summed E-state index contributed by atoms with van der Waals surface area (Å²) >= 11 is 7.83. The molecule has 0 radical (unpaired) electrons. The number of nitrogens with zero attached hydrogens (tertiary/aromatic N) is 6. The van der Waals surface area contributed by atoms with Gasteiger partial charge in [0, 0.05) is 66.8 Å². The number of halogens is 6. The molecule has 4 atom stereocenters. The quantitative estimate of drug-likeness (QED) is 0.198. The molecule has 1 aliphatic carbocycles. The number of carbonyl (C=O) groups excluding carboxylic acids is 1. The zero-order valence-electron chi connectivity index (χ0n) is 29.4. The van der Waals surface area contributed by atoms with Crippen LogP contribution in [0.3, 0.4) is 0 Å². The number of carbonyl (C=O) groups is 1. The Morgan fingerprint density at radius 3 is 2.69 bits per heavy atom. The smallest absolute Gasteiger partial charge is 0.319 e. The van der Waals surface area contributed by atoms with E-state index in [1.54, 1.807) is 6.07 Å². The average molecular weight is 786 g/mol. The second-order valence-electron chi connectivity index (χ2n) is 16.0. The van der Waals surface area contributed by atoms with E-state index in [9.17, 15) is 23.2 Å². The van der Waals surface area contributed by atoms with Crippen LogP contribution >= 0.6 is 22.9 Å². The minimum Gasteiger partial charge on any atom is -0.461 e. The second-order valence-corrected chi connectivity index (χ2v) is 17.4. The Morgan fingerprint density at radius 1 is 1.17 bits per heavy atom. The van der Waals surface area contributed by atoms with Crippen molar-refractivity contribution in [2.75, 3.05) is 50.0 Å². The zero-order valence-corrected chi connectivity index (χ0v) is 31.0. The van der Waals surface area contributed by atoms with Crippen LogP contribution in [-0.4, -0.2) is 88.7 Å². The van der Waals surface area contributed by atoms with Crippen molar-refractivity contribution in [2.24, 2.45) is 11.3 Å². The van der Waals surface area contributed by atoms with Crippen molar-refractivity contribution in [1.82, 2.24) is 19.8 Å². The van der Waals surface area contributed by atoms with Crippen LogP contribution in [-0.2, 0) is 4.79 Å². The molecule has 284 valence electrons. The number of fused-ring (bicyclic) bond motifs is 3. The fourth-order valence-electron chi connectivity index (χ4n) is 9.53. The van der Waals surface area contributed by atoms with Gasteiger partial charge in [0.05, 0.1) is 20.8 Å². The molecule has 16 heteroatoms. The van der Waals surface area contributed by atoms with Crippen LogP contribution in [0, 0.1) is 34.3 Å². The maximum absolute atomic E-state index is 17.3. The first-order chi connectivity index (χ1) is 25.7. The highest BCUT2D eigenvalue weighted by Gasteiger charge is 2.64. The molecule has 1 saturated carbocycles. The molecule has 1 spiro atoms. The Bertz CT molecular complexity index is 2280. The number of hydrogen-bond acceptors (Lipinski definition) is 9. The molecule has 5 fully saturated rings. The normalized spacial score (nSPS) is 27.3. The minimum absolute atomic E-state index is 0.0117. The highest BCUT2D eigenvalue weighted by Crippen LogP contribution is 2.52. The van der Waals surface area contributed by atoms with E-state index in [1.165, 1.54) is 17.0 Å². The fourth-order valence-corrected chi connectivity index (χ4v) is 10.8. The minimum atomic E-state index is -2.95. The van der Waals surface area contributed by atoms with Gasteiger partial charge in [-0.3, -0.25) is 9.69 Å². The summed E-state index contributed by atoms with van der Waals surface area (Å²) in [5, 5.41) is 10.4. The van der Waals surface area contributed by atoms with Gasteiger partial charge in [-0.1, -0.05) is 24.1 Å². The predicted octanol–water partition coefficient (Wildman–Crippen LogP) is 7.71. The van der Waals surface area contributed by atoms with E-state index in [0.717, 1.165) is 50.0 Å². The van der Waals surface area contributed by atoms with E-state index in [4.69, 9.17) is 27.1 Å². The largest absolute Gasteiger partial charge is 0.461 e. The summed E-state index contributed by atoms with van der Waals surface area (Å²) < 4.78 is 81.0. The van der Waals surface area contributed by atoms with Gasteiger partial charge >= 0.3 is 6.01 Å². The van der Waals surface area contributed by atoms with Crippen molar-refractivity contribution in [3.63, 3.8) is 0 Å². The molecule has 2 unspecified atom stereocenters. The molecule has 9 nitrogen and oxygen atoms in total. The average Bonchev–Trinajstić information content (AvgIpc) is 3.30. The van der Waals surface area contributed by atoms with Crippen LogP contribution in [0.4, 0.5) is 32.8 Å². The lowest BCUT2D eigenvalue weighted by Gasteiger charge is -2.52. The SMILES string of the molecule is CC1CCCC2(CN(C(=O)C3CC3(F)F)C2)CN1c1nc(OC[C@@]23CCCN2C[C@H](F)C3)nc2c(F)c(-c3ccc(F)c4sc(N)c(C#N)c34)c(Cl)cc12. The number of hydrogen-bond donors (Lipinski definition) is 1. The maximum atomic E-state index is 17.3. The number of rotatable bonds is 6. The molecule has 4 aromatic rings. The standard InChI is InChI=1S/C38H37ClF5N7O2S/c1-19-4-2-7-36(15-49(16-36)34(52)24-12-38(24,43)44)17-51(19)33-22-10-25(39)28(21-5-6-26(41)31-27(21)23(13-45)32(46)54-31)29(42)30(22)47-35(48-33)53-18-37-8-3-9-50(37)14-20(40)11-37/h5-6,10,19-20,24H,2-4,7-9,11-12,14-18,46H2,1H3/t19?,20-,24?,37+/m1/s1. The lowest BCUT2D eigenvalue weighted by Crippen LogP contribution is -2.63. The highest BCUT2D eigenvalue weighted by atomic mass is 35.5. The Morgan fingerprint density at radius 2 is 1.94 bits per heavy atom. The predicted molar refractivity (Wildman–Crippen MR) is 196 cm³/mol. The number of nitrogen functional groups attached to an aromatic ring is 1. The Balaban J connectivity index is 1.15. The van der Waals surface area contributed by atoms with Crippen LogP contribution in [0.5, 0.6) is 6.01 Å². The van der Waals surface area contributed by atoms with Crippen LogP contribution in [0.25, 0.3) is 32.1 Å².